The van der Waals surface area contributed by atoms with Crippen LogP contribution in [0, 0.1) is 13.8 Å². The molecule has 0 aliphatic heterocycles. The molecular formula is C7H8INO2. The minimum Gasteiger partial charge on any atom is -0.507 e. The normalized spacial score (nSPS) is 10.1. The van der Waals surface area contributed by atoms with Crippen molar-refractivity contribution in [2.24, 2.45) is 0 Å². The van der Waals surface area contributed by atoms with Gasteiger partial charge in [-0.2, -0.15) is 0 Å². The van der Waals surface area contributed by atoms with Crippen molar-refractivity contribution in [3.05, 3.63) is 27.7 Å². The standard InChI is InChI=1S/C7H8INO2/c1-4-5(2)9(8)7(11)3-6(4)10/h3,10H,1-2H3. The van der Waals surface area contributed by atoms with E-state index < -0.39 is 0 Å². The molecule has 0 amide bonds. The lowest BCUT2D eigenvalue weighted by atomic mass is 10.2. The largest absolute Gasteiger partial charge is 0.507 e. The molecule has 0 bridgehead atoms. The van der Waals surface area contributed by atoms with Gasteiger partial charge in [-0.05, 0) is 13.8 Å². The monoisotopic (exact) mass is 265 g/mol. The average molecular weight is 265 g/mol. The molecule has 1 heterocycles. The van der Waals surface area contributed by atoms with E-state index in [1.54, 1.807) is 13.8 Å². The molecule has 0 fully saturated rings. The van der Waals surface area contributed by atoms with Gasteiger partial charge in [0.2, 0.25) is 0 Å². The van der Waals surface area contributed by atoms with Gasteiger partial charge in [-0.25, -0.2) is 0 Å². The number of hydrogen-bond donors (Lipinski definition) is 1. The van der Waals surface area contributed by atoms with E-state index >= 15 is 0 Å². The van der Waals surface area contributed by atoms with Crippen LogP contribution in [-0.4, -0.2) is 7.89 Å². The first-order valence-electron chi connectivity index (χ1n) is 3.12. The Hall–Kier alpha value is -0.520. The van der Waals surface area contributed by atoms with E-state index in [2.05, 4.69) is 0 Å². The SMILES string of the molecule is Cc1c(O)cc(=O)n(I)c1C. The van der Waals surface area contributed by atoms with Crippen LogP contribution in [0.3, 0.4) is 0 Å². The summed E-state index contributed by atoms with van der Waals surface area (Å²) in [6, 6.07) is 1.22. The van der Waals surface area contributed by atoms with Gasteiger partial charge in [-0.1, -0.05) is 0 Å². The summed E-state index contributed by atoms with van der Waals surface area (Å²) in [4.78, 5) is 11.0. The van der Waals surface area contributed by atoms with Crippen LogP contribution in [0.25, 0.3) is 0 Å². The van der Waals surface area contributed by atoms with Crippen LogP contribution in [0.5, 0.6) is 5.75 Å². The highest BCUT2D eigenvalue weighted by molar-refractivity contribution is 14.1. The quantitative estimate of drug-likeness (QED) is 0.720. The van der Waals surface area contributed by atoms with Crippen LogP contribution in [0.2, 0.25) is 0 Å². The van der Waals surface area contributed by atoms with E-state index in [1.807, 2.05) is 22.9 Å². The molecule has 0 aliphatic rings. The van der Waals surface area contributed by atoms with Gasteiger partial charge in [-0.3, -0.25) is 7.58 Å². The molecular weight excluding hydrogens is 257 g/mol. The Morgan fingerprint density at radius 2 is 2.09 bits per heavy atom. The van der Waals surface area contributed by atoms with Crippen LogP contribution in [0.4, 0.5) is 0 Å². The van der Waals surface area contributed by atoms with E-state index in [4.69, 9.17) is 0 Å². The van der Waals surface area contributed by atoms with Crippen molar-refractivity contribution in [1.29, 1.82) is 0 Å². The highest BCUT2D eigenvalue weighted by Gasteiger charge is 2.04. The fraction of sp³-hybridized carbons (Fsp3) is 0.286. The molecule has 0 unspecified atom stereocenters. The van der Waals surface area contributed by atoms with Crippen LogP contribution in [-0.2, 0) is 0 Å². The molecule has 1 rings (SSSR count). The molecule has 11 heavy (non-hydrogen) atoms. The maximum Gasteiger partial charge on any atom is 0.263 e. The molecule has 4 heteroatoms. The van der Waals surface area contributed by atoms with E-state index in [0.29, 0.717) is 0 Å². The Bertz CT molecular complexity index is 343. The van der Waals surface area contributed by atoms with Crippen LogP contribution in [0.1, 0.15) is 11.3 Å². The molecule has 1 aromatic rings. The highest BCUT2D eigenvalue weighted by Crippen LogP contribution is 2.17. The third-order valence-electron chi connectivity index (χ3n) is 1.68. The predicted molar refractivity (Wildman–Crippen MR) is 51.3 cm³/mol. The third kappa shape index (κ3) is 1.40. The third-order valence-corrected chi connectivity index (χ3v) is 2.87. The van der Waals surface area contributed by atoms with E-state index in [0.717, 1.165) is 11.3 Å². The van der Waals surface area contributed by atoms with E-state index in [-0.39, 0.29) is 11.3 Å². The zero-order valence-electron chi connectivity index (χ0n) is 6.26. The number of aromatic hydroxyl groups is 1. The molecule has 1 aromatic heterocycles. The Balaban J connectivity index is 3.59. The lowest BCUT2D eigenvalue weighted by Crippen LogP contribution is -2.13. The molecule has 0 radical (unpaired) electrons. The fourth-order valence-corrected chi connectivity index (χ4v) is 1.28. The Kier molecular flexibility index (Phi) is 2.22. The van der Waals surface area contributed by atoms with Gasteiger partial charge in [-0.15, -0.1) is 0 Å². The molecule has 0 aromatic carbocycles. The van der Waals surface area contributed by atoms with Gasteiger partial charge in [0.15, 0.2) is 0 Å². The molecule has 0 aliphatic carbocycles. The van der Waals surface area contributed by atoms with Crippen LogP contribution in [0.15, 0.2) is 10.9 Å². The van der Waals surface area contributed by atoms with Crippen molar-refractivity contribution in [2.75, 3.05) is 0 Å². The molecule has 0 spiro atoms. The summed E-state index contributed by atoms with van der Waals surface area (Å²) in [6.07, 6.45) is 0. The number of aromatic nitrogens is 1. The number of rotatable bonds is 0. The molecule has 3 nitrogen and oxygen atoms in total. The molecule has 0 saturated heterocycles. The summed E-state index contributed by atoms with van der Waals surface area (Å²) in [5, 5.41) is 9.19. The number of nitrogens with zero attached hydrogens (tertiary/aromatic N) is 1. The summed E-state index contributed by atoms with van der Waals surface area (Å²) in [7, 11) is 0. The summed E-state index contributed by atoms with van der Waals surface area (Å²) >= 11 is 1.90. The maximum absolute atomic E-state index is 11.0. The topological polar surface area (TPSA) is 42.2 Å². The van der Waals surface area contributed by atoms with Gasteiger partial charge in [0.1, 0.15) is 5.75 Å². The van der Waals surface area contributed by atoms with Gasteiger partial charge < -0.3 is 5.11 Å². The van der Waals surface area contributed by atoms with Crippen molar-refractivity contribution >= 4 is 22.9 Å². The summed E-state index contributed by atoms with van der Waals surface area (Å²) in [5.41, 5.74) is 1.35. The summed E-state index contributed by atoms with van der Waals surface area (Å²) < 4.78 is 1.48. The second-order valence-corrected chi connectivity index (χ2v) is 3.32. The Labute approximate surface area is 78.2 Å². The van der Waals surface area contributed by atoms with Gasteiger partial charge in [0.25, 0.3) is 5.56 Å². The summed E-state index contributed by atoms with van der Waals surface area (Å²) in [5.74, 6) is 0.0698. The fourth-order valence-electron chi connectivity index (χ4n) is 0.780. The summed E-state index contributed by atoms with van der Waals surface area (Å²) in [6.45, 7) is 3.57. The lowest BCUT2D eigenvalue weighted by molar-refractivity contribution is 0.468. The zero-order valence-corrected chi connectivity index (χ0v) is 8.42. The molecule has 60 valence electrons. The molecule has 0 saturated carbocycles. The maximum atomic E-state index is 11.0. The average Bonchev–Trinajstić information content (AvgIpc) is 1.97. The van der Waals surface area contributed by atoms with E-state index in [1.165, 1.54) is 8.85 Å². The van der Waals surface area contributed by atoms with Crippen molar-refractivity contribution in [2.45, 2.75) is 13.8 Å². The minimum atomic E-state index is -0.189. The first kappa shape index (κ1) is 8.58. The second-order valence-electron chi connectivity index (χ2n) is 2.36. The first-order valence-corrected chi connectivity index (χ1v) is 4.09. The van der Waals surface area contributed by atoms with Crippen LogP contribution < -0.4 is 5.56 Å². The number of halogens is 1. The Morgan fingerprint density at radius 1 is 1.55 bits per heavy atom. The van der Waals surface area contributed by atoms with Gasteiger partial charge in [0, 0.05) is 17.3 Å². The van der Waals surface area contributed by atoms with Crippen LogP contribution >= 0.6 is 22.9 Å². The highest BCUT2D eigenvalue weighted by atomic mass is 127. The molecule has 0 atom stereocenters. The predicted octanol–water partition coefficient (Wildman–Crippen LogP) is 1.37. The van der Waals surface area contributed by atoms with Crippen molar-refractivity contribution in [3.63, 3.8) is 0 Å². The van der Waals surface area contributed by atoms with Crippen molar-refractivity contribution in [1.82, 2.24) is 2.78 Å². The second kappa shape index (κ2) is 2.84. The zero-order chi connectivity index (χ0) is 8.59. The first-order chi connectivity index (χ1) is 5.04. The van der Waals surface area contributed by atoms with Crippen molar-refractivity contribution < 1.29 is 5.11 Å². The smallest absolute Gasteiger partial charge is 0.263 e. The number of hydrogen-bond acceptors (Lipinski definition) is 2. The lowest BCUT2D eigenvalue weighted by Gasteiger charge is -2.05. The molecule has 1 N–H and O–H groups in total. The van der Waals surface area contributed by atoms with Gasteiger partial charge >= 0.3 is 0 Å². The van der Waals surface area contributed by atoms with Gasteiger partial charge in [0.05, 0.1) is 22.9 Å². The Morgan fingerprint density at radius 3 is 2.64 bits per heavy atom. The van der Waals surface area contributed by atoms with Crippen molar-refractivity contribution in [3.8, 4) is 5.75 Å². The van der Waals surface area contributed by atoms with E-state index in [9.17, 15) is 9.90 Å². The minimum absolute atomic E-state index is 0.0698. The number of pyridine rings is 1.